The van der Waals surface area contributed by atoms with E-state index in [9.17, 15) is 9.59 Å². The van der Waals surface area contributed by atoms with Gasteiger partial charge >= 0.3 is 0 Å². The van der Waals surface area contributed by atoms with E-state index < -0.39 is 0 Å². The second kappa shape index (κ2) is 8.25. The Balaban J connectivity index is 1.60. The van der Waals surface area contributed by atoms with Gasteiger partial charge in [0.25, 0.3) is 5.56 Å². The van der Waals surface area contributed by atoms with Crippen LogP contribution in [0.5, 0.6) is 0 Å². The smallest absolute Gasteiger partial charge is 0.266 e. The first-order valence-electron chi connectivity index (χ1n) is 8.58. The topological polar surface area (TPSA) is 64.0 Å². The van der Waals surface area contributed by atoms with Crippen molar-refractivity contribution in [3.05, 3.63) is 88.2 Å². The molecule has 2 aromatic carbocycles. The first kappa shape index (κ1) is 17.6. The standard InChI is InChI=1S/C21H21N3O2/c1-16-7-5-6-10-18(16)15-20(25)22-13-14-24-21(26)12-11-19(23-24)17-8-3-2-4-9-17/h2-12H,13-15H2,1H3,(H,22,25). The Morgan fingerprint density at radius 1 is 1.00 bits per heavy atom. The molecule has 0 fully saturated rings. The Kier molecular flexibility index (Phi) is 5.59. The lowest BCUT2D eigenvalue weighted by Crippen LogP contribution is -2.32. The fourth-order valence-electron chi connectivity index (χ4n) is 2.72. The fourth-order valence-corrected chi connectivity index (χ4v) is 2.72. The second-order valence-corrected chi connectivity index (χ2v) is 6.10. The molecule has 0 radical (unpaired) electrons. The Hall–Kier alpha value is -3.21. The van der Waals surface area contributed by atoms with Gasteiger partial charge in [-0.05, 0) is 24.1 Å². The maximum atomic E-state index is 12.1. The van der Waals surface area contributed by atoms with Crippen molar-refractivity contribution in [2.45, 2.75) is 19.9 Å². The van der Waals surface area contributed by atoms with E-state index in [2.05, 4.69) is 10.4 Å². The summed E-state index contributed by atoms with van der Waals surface area (Å²) in [6.07, 6.45) is 0.332. The van der Waals surface area contributed by atoms with Crippen LogP contribution in [0.2, 0.25) is 0 Å². The zero-order chi connectivity index (χ0) is 18.4. The lowest BCUT2D eigenvalue weighted by Gasteiger charge is -2.09. The number of benzene rings is 2. The molecule has 1 heterocycles. The summed E-state index contributed by atoms with van der Waals surface area (Å²) in [6, 6.07) is 20.7. The van der Waals surface area contributed by atoms with Gasteiger partial charge in [0.2, 0.25) is 5.91 Å². The van der Waals surface area contributed by atoms with Crippen molar-refractivity contribution in [2.24, 2.45) is 0 Å². The molecule has 0 saturated heterocycles. The predicted molar refractivity (Wildman–Crippen MR) is 102 cm³/mol. The predicted octanol–water partition coefficient (Wildman–Crippen LogP) is 2.58. The highest BCUT2D eigenvalue weighted by molar-refractivity contribution is 5.78. The third-order valence-corrected chi connectivity index (χ3v) is 4.19. The third kappa shape index (κ3) is 4.45. The van der Waals surface area contributed by atoms with Crippen LogP contribution < -0.4 is 10.9 Å². The van der Waals surface area contributed by atoms with Crippen LogP contribution in [0.1, 0.15) is 11.1 Å². The maximum absolute atomic E-state index is 12.1. The quantitative estimate of drug-likeness (QED) is 0.745. The van der Waals surface area contributed by atoms with E-state index in [1.165, 1.54) is 10.7 Å². The normalized spacial score (nSPS) is 10.5. The molecule has 0 spiro atoms. The van der Waals surface area contributed by atoms with Crippen LogP contribution in [0, 0.1) is 6.92 Å². The van der Waals surface area contributed by atoms with Gasteiger partial charge in [0.1, 0.15) is 0 Å². The van der Waals surface area contributed by atoms with Gasteiger partial charge in [-0.3, -0.25) is 9.59 Å². The summed E-state index contributed by atoms with van der Waals surface area (Å²) in [6.45, 7) is 2.68. The Labute approximate surface area is 152 Å². The van der Waals surface area contributed by atoms with Crippen LogP contribution in [-0.2, 0) is 17.8 Å². The van der Waals surface area contributed by atoms with E-state index in [-0.39, 0.29) is 11.5 Å². The molecular weight excluding hydrogens is 326 g/mol. The van der Waals surface area contributed by atoms with Gasteiger partial charge in [0, 0.05) is 18.2 Å². The van der Waals surface area contributed by atoms with Gasteiger partial charge in [-0.15, -0.1) is 0 Å². The Bertz CT molecular complexity index is 949. The molecule has 26 heavy (non-hydrogen) atoms. The first-order valence-corrected chi connectivity index (χ1v) is 8.58. The lowest BCUT2D eigenvalue weighted by molar-refractivity contribution is -0.120. The first-order chi connectivity index (χ1) is 12.6. The van der Waals surface area contributed by atoms with E-state index in [4.69, 9.17) is 0 Å². The number of rotatable bonds is 6. The van der Waals surface area contributed by atoms with E-state index in [0.717, 1.165) is 22.4 Å². The zero-order valence-electron chi connectivity index (χ0n) is 14.7. The fraction of sp³-hybridized carbons (Fsp3) is 0.190. The van der Waals surface area contributed by atoms with Gasteiger partial charge in [0.05, 0.1) is 18.7 Å². The van der Waals surface area contributed by atoms with Crippen LogP contribution in [-0.4, -0.2) is 22.2 Å². The number of aromatic nitrogens is 2. The molecule has 3 rings (SSSR count). The number of nitrogens with zero attached hydrogens (tertiary/aromatic N) is 2. The summed E-state index contributed by atoms with van der Waals surface area (Å²) in [5.74, 6) is -0.0634. The maximum Gasteiger partial charge on any atom is 0.266 e. The summed E-state index contributed by atoms with van der Waals surface area (Å²) < 4.78 is 1.39. The average Bonchev–Trinajstić information content (AvgIpc) is 2.66. The highest BCUT2D eigenvalue weighted by Crippen LogP contribution is 2.13. The van der Waals surface area contributed by atoms with Crippen molar-refractivity contribution in [2.75, 3.05) is 6.54 Å². The van der Waals surface area contributed by atoms with Crippen molar-refractivity contribution < 1.29 is 4.79 Å². The second-order valence-electron chi connectivity index (χ2n) is 6.10. The molecule has 1 amide bonds. The lowest BCUT2D eigenvalue weighted by atomic mass is 10.1. The van der Waals surface area contributed by atoms with Crippen LogP contribution >= 0.6 is 0 Å². The largest absolute Gasteiger partial charge is 0.354 e. The van der Waals surface area contributed by atoms with Crippen molar-refractivity contribution in [1.82, 2.24) is 15.1 Å². The minimum atomic E-state index is -0.183. The highest BCUT2D eigenvalue weighted by atomic mass is 16.1. The number of amides is 1. The van der Waals surface area contributed by atoms with Gasteiger partial charge in [0.15, 0.2) is 0 Å². The van der Waals surface area contributed by atoms with Crippen LogP contribution in [0.15, 0.2) is 71.5 Å². The number of hydrogen-bond acceptors (Lipinski definition) is 3. The van der Waals surface area contributed by atoms with Gasteiger partial charge in [-0.2, -0.15) is 5.10 Å². The summed E-state index contributed by atoms with van der Waals surface area (Å²) in [4.78, 5) is 24.1. The molecule has 1 N–H and O–H groups in total. The van der Waals surface area contributed by atoms with Crippen LogP contribution in [0.25, 0.3) is 11.3 Å². The molecule has 1 aromatic heterocycles. The molecule has 0 aliphatic carbocycles. The van der Waals surface area contributed by atoms with Crippen LogP contribution in [0.4, 0.5) is 0 Å². The van der Waals surface area contributed by atoms with E-state index in [0.29, 0.717) is 19.5 Å². The Morgan fingerprint density at radius 3 is 2.50 bits per heavy atom. The van der Waals surface area contributed by atoms with Crippen molar-refractivity contribution in [3.63, 3.8) is 0 Å². The monoisotopic (exact) mass is 347 g/mol. The third-order valence-electron chi connectivity index (χ3n) is 4.19. The van der Waals surface area contributed by atoms with Gasteiger partial charge < -0.3 is 5.32 Å². The SMILES string of the molecule is Cc1ccccc1CC(=O)NCCn1nc(-c2ccccc2)ccc1=O. The Morgan fingerprint density at radius 2 is 1.73 bits per heavy atom. The molecule has 0 saturated carbocycles. The number of aryl methyl sites for hydroxylation is 1. The average molecular weight is 347 g/mol. The summed E-state index contributed by atoms with van der Waals surface area (Å²) in [5.41, 5.74) is 3.60. The molecule has 0 unspecified atom stereocenters. The molecule has 0 atom stereocenters. The molecule has 5 heteroatoms. The molecule has 3 aromatic rings. The molecule has 0 aliphatic rings. The van der Waals surface area contributed by atoms with Crippen molar-refractivity contribution in [3.8, 4) is 11.3 Å². The number of nitrogens with one attached hydrogen (secondary N) is 1. The van der Waals surface area contributed by atoms with E-state index in [1.807, 2.05) is 61.5 Å². The van der Waals surface area contributed by atoms with Crippen molar-refractivity contribution >= 4 is 5.91 Å². The summed E-state index contributed by atoms with van der Waals surface area (Å²) >= 11 is 0. The van der Waals surface area contributed by atoms with E-state index in [1.54, 1.807) is 6.07 Å². The molecule has 5 nitrogen and oxygen atoms in total. The molecule has 0 aliphatic heterocycles. The molecular formula is C21H21N3O2. The van der Waals surface area contributed by atoms with Crippen LogP contribution in [0.3, 0.4) is 0 Å². The number of carbonyl (C=O) groups excluding carboxylic acids is 1. The van der Waals surface area contributed by atoms with Gasteiger partial charge in [-0.1, -0.05) is 54.6 Å². The highest BCUT2D eigenvalue weighted by Gasteiger charge is 2.06. The minimum Gasteiger partial charge on any atom is -0.354 e. The summed E-state index contributed by atoms with van der Waals surface area (Å²) in [7, 11) is 0. The van der Waals surface area contributed by atoms with E-state index >= 15 is 0 Å². The number of carbonyl (C=O) groups is 1. The molecule has 0 bridgehead atoms. The zero-order valence-corrected chi connectivity index (χ0v) is 14.7. The van der Waals surface area contributed by atoms with Gasteiger partial charge in [-0.25, -0.2) is 4.68 Å². The molecule has 132 valence electrons. The van der Waals surface area contributed by atoms with Crippen molar-refractivity contribution in [1.29, 1.82) is 0 Å². The minimum absolute atomic E-state index is 0.0634. The summed E-state index contributed by atoms with van der Waals surface area (Å²) in [5, 5.41) is 7.25. The number of hydrogen-bond donors (Lipinski definition) is 1.